The van der Waals surface area contributed by atoms with Crippen LogP contribution in [0.15, 0.2) is 18.2 Å². The Morgan fingerprint density at radius 3 is 2.72 bits per heavy atom. The van der Waals surface area contributed by atoms with E-state index in [1.807, 2.05) is 25.1 Å². The minimum atomic E-state index is -0.367. The summed E-state index contributed by atoms with van der Waals surface area (Å²) in [5.74, 6) is 0.199. The van der Waals surface area contributed by atoms with Gasteiger partial charge in [-0.15, -0.1) is 0 Å². The van der Waals surface area contributed by atoms with E-state index in [2.05, 4.69) is 11.8 Å². The molecule has 4 N–H and O–H groups in total. The Kier molecular flexibility index (Phi) is 3.57. The van der Waals surface area contributed by atoms with E-state index in [-0.39, 0.29) is 5.91 Å². The van der Waals surface area contributed by atoms with E-state index in [0.29, 0.717) is 17.5 Å². The van der Waals surface area contributed by atoms with Gasteiger partial charge < -0.3 is 16.4 Å². The summed E-state index contributed by atoms with van der Waals surface area (Å²) in [5.41, 5.74) is 13.7. The van der Waals surface area contributed by atoms with Gasteiger partial charge >= 0.3 is 0 Å². The lowest BCUT2D eigenvalue weighted by Gasteiger charge is -2.24. The van der Waals surface area contributed by atoms with Gasteiger partial charge in [-0.2, -0.15) is 0 Å². The minimum Gasteiger partial charge on any atom is -0.368 e. The monoisotopic (exact) mass is 247 g/mol. The normalized spacial score (nSPS) is 23.4. The summed E-state index contributed by atoms with van der Waals surface area (Å²) in [6.07, 6.45) is 1.13. The molecule has 0 aliphatic carbocycles. The van der Waals surface area contributed by atoms with Crippen LogP contribution in [-0.2, 0) is 0 Å². The molecule has 0 bridgehead atoms. The van der Waals surface area contributed by atoms with Crippen LogP contribution in [0.2, 0.25) is 0 Å². The Hall–Kier alpha value is -1.55. The number of carbonyl (C=O) groups is 1. The predicted octanol–water partition coefficient (Wildman–Crippen LogP) is 1.27. The Morgan fingerprint density at radius 1 is 1.50 bits per heavy atom. The lowest BCUT2D eigenvalue weighted by atomic mass is 10.1. The van der Waals surface area contributed by atoms with E-state index in [1.165, 1.54) is 0 Å². The maximum atomic E-state index is 11.2. The van der Waals surface area contributed by atoms with Crippen molar-refractivity contribution in [1.82, 2.24) is 0 Å². The minimum absolute atomic E-state index is 0.367. The molecule has 4 heteroatoms. The van der Waals surface area contributed by atoms with Gasteiger partial charge in [0, 0.05) is 23.8 Å². The number of nitrogens with two attached hydrogens (primary N) is 2. The Balaban J connectivity index is 2.24. The largest absolute Gasteiger partial charge is 0.368 e. The van der Waals surface area contributed by atoms with E-state index < -0.39 is 0 Å². The third kappa shape index (κ3) is 2.34. The van der Waals surface area contributed by atoms with Crippen molar-refractivity contribution >= 4 is 11.6 Å². The number of aryl methyl sites for hydroxylation is 1. The third-order valence-corrected chi connectivity index (χ3v) is 3.80. The van der Waals surface area contributed by atoms with Crippen molar-refractivity contribution in [2.24, 2.45) is 17.4 Å². The number of nitrogens with zero attached hydrogens (tertiary/aromatic N) is 1. The quantitative estimate of drug-likeness (QED) is 0.844. The molecule has 4 nitrogen and oxygen atoms in total. The first-order chi connectivity index (χ1) is 8.52. The average Bonchev–Trinajstić information content (AvgIpc) is 2.70. The average molecular weight is 247 g/mol. The second-order valence-corrected chi connectivity index (χ2v) is 5.20. The van der Waals surface area contributed by atoms with Gasteiger partial charge in [0.05, 0.1) is 0 Å². The smallest absolute Gasteiger partial charge is 0.248 e. The molecule has 1 aromatic rings. The van der Waals surface area contributed by atoms with Crippen LogP contribution in [-0.4, -0.2) is 25.0 Å². The topological polar surface area (TPSA) is 72.3 Å². The van der Waals surface area contributed by atoms with Gasteiger partial charge in [0.1, 0.15) is 0 Å². The van der Waals surface area contributed by atoms with Crippen molar-refractivity contribution in [3.8, 4) is 0 Å². The summed E-state index contributed by atoms with van der Waals surface area (Å²) in [6.45, 7) is 5.87. The molecule has 1 aromatic carbocycles. The Bertz CT molecular complexity index is 458. The number of amides is 1. The fraction of sp³-hybridized carbons (Fsp3) is 0.500. The van der Waals surface area contributed by atoms with Gasteiger partial charge in [0.2, 0.25) is 5.91 Å². The van der Waals surface area contributed by atoms with Crippen LogP contribution >= 0.6 is 0 Å². The van der Waals surface area contributed by atoms with Crippen LogP contribution in [0.4, 0.5) is 5.69 Å². The molecule has 2 rings (SSSR count). The molecule has 1 amide bonds. The molecule has 2 unspecified atom stereocenters. The molecule has 1 aliphatic rings. The number of hydrogen-bond acceptors (Lipinski definition) is 3. The molecule has 18 heavy (non-hydrogen) atoms. The summed E-state index contributed by atoms with van der Waals surface area (Å²) in [4.78, 5) is 13.6. The summed E-state index contributed by atoms with van der Waals surface area (Å²) >= 11 is 0. The zero-order valence-corrected chi connectivity index (χ0v) is 11.0. The van der Waals surface area contributed by atoms with Gasteiger partial charge in [-0.1, -0.05) is 0 Å². The SMILES string of the molecule is Cc1cc(N2CC(CN)CC2C)ccc1C(N)=O. The fourth-order valence-corrected chi connectivity index (χ4v) is 2.78. The molecule has 0 radical (unpaired) electrons. The lowest BCUT2D eigenvalue weighted by molar-refractivity contribution is 0.1000. The molecular weight excluding hydrogens is 226 g/mol. The summed E-state index contributed by atoms with van der Waals surface area (Å²) < 4.78 is 0. The zero-order chi connectivity index (χ0) is 13.3. The molecule has 0 spiro atoms. The lowest BCUT2D eigenvalue weighted by Crippen LogP contribution is -2.27. The molecule has 1 fully saturated rings. The molecule has 0 saturated carbocycles. The van der Waals surface area contributed by atoms with Gasteiger partial charge in [-0.3, -0.25) is 4.79 Å². The van der Waals surface area contributed by atoms with Gasteiger partial charge in [0.25, 0.3) is 0 Å². The van der Waals surface area contributed by atoms with Gasteiger partial charge in [-0.05, 0) is 56.5 Å². The van der Waals surface area contributed by atoms with Crippen molar-refractivity contribution in [3.05, 3.63) is 29.3 Å². The molecule has 0 aromatic heterocycles. The van der Waals surface area contributed by atoms with Crippen LogP contribution < -0.4 is 16.4 Å². The molecule has 2 atom stereocenters. The van der Waals surface area contributed by atoms with E-state index in [1.54, 1.807) is 0 Å². The van der Waals surface area contributed by atoms with Crippen molar-refractivity contribution < 1.29 is 4.79 Å². The summed E-state index contributed by atoms with van der Waals surface area (Å²) in [6, 6.07) is 6.32. The highest BCUT2D eigenvalue weighted by atomic mass is 16.1. The van der Waals surface area contributed by atoms with Crippen LogP contribution in [0.25, 0.3) is 0 Å². The van der Waals surface area contributed by atoms with Crippen LogP contribution in [0.3, 0.4) is 0 Å². The number of benzene rings is 1. The third-order valence-electron chi connectivity index (χ3n) is 3.80. The predicted molar refractivity (Wildman–Crippen MR) is 73.7 cm³/mol. The van der Waals surface area contributed by atoms with E-state index in [9.17, 15) is 4.79 Å². The maximum absolute atomic E-state index is 11.2. The fourth-order valence-electron chi connectivity index (χ4n) is 2.78. The second-order valence-electron chi connectivity index (χ2n) is 5.20. The number of carbonyl (C=O) groups excluding carboxylic acids is 1. The summed E-state index contributed by atoms with van der Waals surface area (Å²) in [7, 11) is 0. The number of rotatable bonds is 3. The highest BCUT2D eigenvalue weighted by molar-refractivity contribution is 5.94. The van der Waals surface area contributed by atoms with E-state index in [4.69, 9.17) is 11.5 Å². The second kappa shape index (κ2) is 4.98. The first-order valence-corrected chi connectivity index (χ1v) is 6.40. The van der Waals surface area contributed by atoms with Crippen LogP contribution in [0, 0.1) is 12.8 Å². The van der Waals surface area contributed by atoms with Crippen molar-refractivity contribution in [2.45, 2.75) is 26.3 Å². The van der Waals surface area contributed by atoms with Gasteiger partial charge in [-0.25, -0.2) is 0 Å². The summed E-state index contributed by atoms with van der Waals surface area (Å²) in [5, 5.41) is 0. The standard InChI is InChI=1S/C14H21N3O/c1-9-5-12(3-4-13(9)14(16)18)17-8-11(7-15)6-10(17)2/h3-5,10-11H,6-8,15H2,1-2H3,(H2,16,18). The Labute approximate surface area is 108 Å². The van der Waals surface area contributed by atoms with E-state index >= 15 is 0 Å². The van der Waals surface area contributed by atoms with Crippen LogP contribution in [0.1, 0.15) is 29.3 Å². The van der Waals surface area contributed by atoms with Crippen molar-refractivity contribution in [1.29, 1.82) is 0 Å². The van der Waals surface area contributed by atoms with Crippen molar-refractivity contribution in [3.63, 3.8) is 0 Å². The highest BCUT2D eigenvalue weighted by Crippen LogP contribution is 2.29. The first kappa shape index (κ1) is 12.9. The Morgan fingerprint density at radius 2 is 2.22 bits per heavy atom. The van der Waals surface area contributed by atoms with Crippen molar-refractivity contribution in [2.75, 3.05) is 18.0 Å². The zero-order valence-electron chi connectivity index (χ0n) is 11.0. The molecule has 1 aliphatic heterocycles. The number of primary amides is 1. The first-order valence-electron chi connectivity index (χ1n) is 6.40. The molecule has 1 saturated heterocycles. The number of anilines is 1. The molecular formula is C14H21N3O. The highest BCUT2D eigenvalue weighted by Gasteiger charge is 2.28. The van der Waals surface area contributed by atoms with E-state index in [0.717, 1.165) is 30.8 Å². The molecule has 98 valence electrons. The van der Waals surface area contributed by atoms with Gasteiger partial charge in [0.15, 0.2) is 0 Å². The number of hydrogen-bond donors (Lipinski definition) is 2. The molecule has 1 heterocycles. The van der Waals surface area contributed by atoms with Crippen LogP contribution in [0.5, 0.6) is 0 Å². The maximum Gasteiger partial charge on any atom is 0.248 e.